The molecule has 4 nitrogen and oxygen atoms in total. The lowest BCUT2D eigenvalue weighted by Crippen LogP contribution is -2.48. The van der Waals surface area contributed by atoms with E-state index >= 15 is 0 Å². The Hall–Kier alpha value is -1.85. The third kappa shape index (κ3) is 4.82. The van der Waals surface area contributed by atoms with E-state index < -0.39 is 0 Å². The number of rotatable bonds is 5. The van der Waals surface area contributed by atoms with Crippen LogP contribution in [0.25, 0.3) is 0 Å². The van der Waals surface area contributed by atoms with E-state index in [4.69, 9.17) is 4.74 Å². The highest BCUT2D eigenvalue weighted by Gasteiger charge is 2.19. The molecule has 1 aliphatic rings. The van der Waals surface area contributed by atoms with E-state index in [9.17, 15) is 4.79 Å². The summed E-state index contributed by atoms with van der Waals surface area (Å²) < 4.78 is 6.44. The van der Waals surface area contributed by atoms with Gasteiger partial charge in [-0.15, -0.1) is 0 Å². The Morgan fingerprint density at radius 2 is 1.62 bits per heavy atom. The summed E-state index contributed by atoms with van der Waals surface area (Å²) in [5.41, 5.74) is 2.25. The fourth-order valence-corrected chi connectivity index (χ4v) is 3.05. The van der Waals surface area contributed by atoms with Gasteiger partial charge in [0.25, 0.3) is 0 Å². The molecule has 1 fully saturated rings. The maximum Gasteiger partial charge on any atom is 0.320 e. The van der Waals surface area contributed by atoms with Gasteiger partial charge in [0, 0.05) is 36.3 Å². The molecule has 0 aliphatic carbocycles. The molecule has 0 saturated carbocycles. The SMILES string of the molecule is O=C(CN1CCN(c2ccc(Br)cc2)CC1)OCc1ccccc1. The minimum Gasteiger partial charge on any atom is -0.460 e. The fraction of sp³-hybridized carbons (Fsp3) is 0.316. The third-order valence-electron chi connectivity index (χ3n) is 4.16. The number of carbonyl (C=O) groups excluding carboxylic acids is 1. The molecule has 0 radical (unpaired) electrons. The number of anilines is 1. The van der Waals surface area contributed by atoms with Crippen LogP contribution in [0.5, 0.6) is 0 Å². The van der Waals surface area contributed by atoms with Crippen LogP contribution < -0.4 is 4.90 Å². The lowest BCUT2D eigenvalue weighted by Gasteiger charge is -2.35. The average Bonchev–Trinajstić information content (AvgIpc) is 2.62. The molecule has 126 valence electrons. The van der Waals surface area contributed by atoms with Crippen molar-refractivity contribution in [3.8, 4) is 0 Å². The van der Waals surface area contributed by atoms with Gasteiger partial charge >= 0.3 is 5.97 Å². The van der Waals surface area contributed by atoms with Crippen molar-refractivity contribution in [3.63, 3.8) is 0 Å². The number of hydrogen-bond donors (Lipinski definition) is 0. The van der Waals surface area contributed by atoms with E-state index in [2.05, 4.69) is 50.0 Å². The standard InChI is InChI=1S/C19H21BrN2O2/c20-17-6-8-18(9-7-17)22-12-10-21(11-13-22)14-19(23)24-15-16-4-2-1-3-5-16/h1-9H,10-15H2. The summed E-state index contributed by atoms with van der Waals surface area (Å²) in [4.78, 5) is 16.5. The zero-order chi connectivity index (χ0) is 16.8. The Labute approximate surface area is 151 Å². The predicted molar refractivity (Wildman–Crippen MR) is 99.0 cm³/mol. The smallest absolute Gasteiger partial charge is 0.320 e. The van der Waals surface area contributed by atoms with Gasteiger partial charge < -0.3 is 9.64 Å². The zero-order valence-electron chi connectivity index (χ0n) is 13.5. The summed E-state index contributed by atoms with van der Waals surface area (Å²) in [6.45, 7) is 4.30. The van der Waals surface area contributed by atoms with Crippen molar-refractivity contribution in [3.05, 3.63) is 64.6 Å². The molecule has 0 bridgehead atoms. The van der Waals surface area contributed by atoms with Gasteiger partial charge in [0.1, 0.15) is 6.61 Å². The Balaban J connectivity index is 1.41. The molecule has 0 aromatic heterocycles. The molecule has 1 heterocycles. The molecule has 0 unspecified atom stereocenters. The molecule has 1 aliphatic heterocycles. The second-order valence-corrected chi connectivity index (χ2v) is 6.80. The van der Waals surface area contributed by atoms with E-state index in [-0.39, 0.29) is 5.97 Å². The molecule has 2 aromatic rings. The highest BCUT2D eigenvalue weighted by molar-refractivity contribution is 9.10. The van der Waals surface area contributed by atoms with Crippen molar-refractivity contribution in [1.82, 2.24) is 4.90 Å². The molecular formula is C19H21BrN2O2. The molecule has 3 rings (SSSR count). The molecule has 2 aromatic carbocycles. The molecule has 24 heavy (non-hydrogen) atoms. The van der Waals surface area contributed by atoms with Crippen molar-refractivity contribution >= 4 is 27.6 Å². The first-order valence-corrected chi connectivity index (χ1v) is 8.92. The number of carbonyl (C=O) groups is 1. The summed E-state index contributed by atoms with van der Waals surface area (Å²) in [7, 11) is 0. The Morgan fingerprint density at radius 1 is 0.958 bits per heavy atom. The third-order valence-corrected chi connectivity index (χ3v) is 4.69. The van der Waals surface area contributed by atoms with Gasteiger partial charge in [-0.25, -0.2) is 0 Å². The number of esters is 1. The van der Waals surface area contributed by atoms with E-state index in [0.717, 1.165) is 36.2 Å². The molecule has 0 amide bonds. The van der Waals surface area contributed by atoms with Gasteiger partial charge in [0.05, 0.1) is 6.54 Å². The van der Waals surface area contributed by atoms with Crippen LogP contribution in [-0.4, -0.2) is 43.6 Å². The number of ether oxygens (including phenoxy) is 1. The van der Waals surface area contributed by atoms with Gasteiger partial charge in [-0.3, -0.25) is 9.69 Å². The van der Waals surface area contributed by atoms with Crippen molar-refractivity contribution in [2.45, 2.75) is 6.61 Å². The van der Waals surface area contributed by atoms with Crippen LogP contribution in [0.3, 0.4) is 0 Å². The minimum atomic E-state index is -0.157. The quantitative estimate of drug-likeness (QED) is 0.735. The van der Waals surface area contributed by atoms with E-state index in [1.54, 1.807) is 0 Å². The maximum atomic E-state index is 12.0. The van der Waals surface area contributed by atoms with Crippen LogP contribution in [0, 0.1) is 0 Å². The number of halogens is 1. The number of hydrogen-bond acceptors (Lipinski definition) is 4. The lowest BCUT2D eigenvalue weighted by atomic mass is 10.2. The molecule has 5 heteroatoms. The summed E-state index contributed by atoms with van der Waals surface area (Å²) in [5, 5.41) is 0. The normalized spacial score (nSPS) is 15.3. The van der Waals surface area contributed by atoms with Gasteiger partial charge in [-0.2, -0.15) is 0 Å². The van der Waals surface area contributed by atoms with Crippen molar-refractivity contribution in [2.75, 3.05) is 37.6 Å². The maximum absolute atomic E-state index is 12.0. The zero-order valence-corrected chi connectivity index (χ0v) is 15.1. The Kier molecular flexibility index (Phi) is 5.88. The van der Waals surface area contributed by atoms with Gasteiger partial charge in [-0.1, -0.05) is 46.3 Å². The summed E-state index contributed by atoms with van der Waals surface area (Å²) >= 11 is 3.46. The number of benzene rings is 2. The molecule has 0 atom stereocenters. The number of piperazine rings is 1. The van der Waals surface area contributed by atoms with Gasteiger partial charge in [0.2, 0.25) is 0 Å². The van der Waals surface area contributed by atoms with Crippen LogP contribution in [0.1, 0.15) is 5.56 Å². The van der Waals surface area contributed by atoms with Crippen molar-refractivity contribution in [2.24, 2.45) is 0 Å². The van der Waals surface area contributed by atoms with Crippen LogP contribution >= 0.6 is 15.9 Å². The minimum absolute atomic E-state index is 0.157. The molecular weight excluding hydrogens is 368 g/mol. The summed E-state index contributed by atoms with van der Waals surface area (Å²) in [5.74, 6) is -0.157. The monoisotopic (exact) mass is 388 g/mol. The average molecular weight is 389 g/mol. The topological polar surface area (TPSA) is 32.8 Å². The first kappa shape index (κ1) is 17.0. The van der Waals surface area contributed by atoms with Crippen molar-refractivity contribution in [1.29, 1.82) is 0 Å². The van der Waals surface area contributed by atoms with E-state index in [1.807, 2.05) is 30.3 Å². The summed E-state index contributed by atoms with van der Waals surface area (Å²) in [6, 6.07) is 18.1. The second kappa shape index (κ2) is 8.31. The Morgan fingerprint density at radius 3 is 2.29 bits per heavy atom. The second-order valence-electron chi connectivity index (χ2n) is 5.89. The first-order valence-electron chi connectivity index (χ1n) is 8.13. The lowest BCUT2D eigenvalue weighted by molar-refractivity contribution is -0.146. The van der Waals surface area contributed by atoms with Crippen LogP contribution in [0.4, 0.5) is 5.69 Å². The highest BCUT2D eigenvalue weighted by atomic mass is 79.9. The number of nitrogens with zero attached hydrogens (tertiary/aromatic N) is 2. The highest BCUT2D eigenvalue weighted by Crippen LogP contribution is 2.19. The first-order chi connectivity index (χ1) is 11.7. The molecule has 1 saturated heterocycles. The molecule has 0 spiro atoms. The predicted octanol–water partition coefficient (Wildman–Crippen LogP) is 3.31. The molecule has 0 N–H and O–H groups in total. The summed E-state index contributed by atoms with van der Waals surface area (Å²) in [6.07, 6.45) is 0. The van der Waals surface area contributed by atoms with Crippen LogP contribution in [0.2, 0.25) is 0 Å². The van der Waals surface area contributed by atoms with Crippen molar-refractivity contribution < 1.29 is 9.53 Å². The van der Waals surface area contributed by atoms with Gasteiger partial charge in [-0.05, 0) is 29.8 Å². The Bertz CT molecular complexity index is 653. The van der Waals surface area contributed by atoms with E-state index in [1.165, 1.54) is 5.69 Å². The van der Waals surface area contributed by atoms with Crippen LogP contribution in [-0.2, 0) is 16.1 Å². The van der Waals surface area contributed by atoms with Crippen LogP contribution in [0.15, 0.2) is 59.1 Å². The largest absolute Gasteiger partial charge is 0.460 e. The van der Waals surface area contributed by atoms with E-state index in [0.29, 0.717) is 13.2 Å². The van der Waals surface area contributed by atoms with Gasteiger partial charge in [0.15, 0.2) is 0 Å². The fourth-order valence-electron chi connectivity index (χ4n) is 2.78.